The van der Waals surface area contributed by atoms with Gasteiger partial charge in [-0.2, -0.15) is 0 Å². The van der Waals surface area contributed by atoms with E-state index in [0.717, 1.165) is 53.5 Å². The van der Waals surface area contributed by atoms with E-state index in [2.05, 4.69) is 6.07 Å². The molecule has 0 spiro atoms. The van der Waals surface area contributed by atoms with Gasteiger partial charge in [0.15, 0.2) is 5.75 Å². The maximum Gasteiger partial charge on any atom is 0.410 e. The van der Waals surface area contributed by atoms with Crippen molar-refractivity contribution >= 4 is 52.4 Å². The van der Waals surface area contributed by atoms with Crippen molar-refractivity contribution in [3.63, 3.8) is 0 Å². The van der Waals surface area contributed by atoms with Crippen LogP contribution in [0.2, 0.25) is 15.1 Å². The number of methoxy groups -OCH3 is 1. The van der Waals surface area contributed by atoms with Gasteiger partial charge < -0.3 is 28.7 Å². The number of hydrogen-bond donors (Lipinski definition) is 0. The van der Waals surface area contributed by atoms with Gasteiger partial charge in [0, 0.05) is 43.4 Å². The fourth-order valence-corrected chi connectivity index (χ4v) is 6.96. The molecule has 1 saturated carbocycles. The summed E-state index contributed by atoms with van der Waals surface area (Å²) in [6.07, 6.45) is 3.67. The van der Waals surface area contributed by atoms with E-state index in [1.807, 2.05) is 69.0 Å². The molecular formula is C40H47Cl3N2O6. The van der Waals surface area contributed by atoms with Gasteiger partial charge >= 0.3 is 6.09 Å². The highest BCUT2D eigenvalue weighted by molar-refractivity contribution is 6.37. The zero-order valence-electron chi connectivity index (χ0n) is 30.0. The maximum absolute atomic E-state index is 14.6. The van der Waals surface area contributed by atoms with Crippen molar-refractivity contribution in [2.75, 3.05) is 40.0 Å². The Labute approximate surface area is 316 Å². The molecule has 5 rings (SSSR count). The van der Waals surface area contributed by atoms with Gasteiger partial charge in [-0.1, -0.05) is 59.1 Å². The molecule has 11 heteroatoms. The highest BCUT2D eigenvalue weighted by Crippen LogP contribution is 2.37. The Balaban J connectivity index is 1.35. The number of ether oxygens (including phenoxy) is 4. The average molecular weight is 758 g/mol. The third-order valence-corrected chi connectivity index (χ3v) is 9.64. The number of nitrogens with zero attached hydrogens (tertiary/aromatic N) is 2. The van der Waals surface area contributed by atoms with Crippen LogP contribution in [-0.2, 0) is 27.2 Å². The predicted molar refractivity (Wildman–Crippen MR) is 203 cm³/mol. The largest absolute Gasteiger partial charge is 0.490 e. The molecule has 0 atom stereocenters. The molecule has 0 unspecified atom stereocenters. The molecule has 2 aliphatic rings. The molecule has 8 nitrogen and oxygen atoms in total. The van der Waals surface area contributed by atoms with Crippen LogP contribution in [0.25, 0.3) is 5.57 Å². The van der Waals surface area contributed by atoms with E-state index in [4.69, 9.17) is 53.8 Å². The minimum atomic E-state index is -0.657. The van der Waals surface area contributed by atoms with Crippen molar-refractivity contribution < 1.29 is 28.5 Å². The summed E-state index contributed by atoms with van der Waals surface area (Å²) in [5.74, 6) is 0.997. The van der Waals surface area contributed by atoms with E-state index in [-0.39, 0.29) is 31.7 Å². The van der Waals surface area contributed by atoms with Crippen molar-refractivity contribution in [1.82, 2.24) is 9.80 Å². The molecule has 2 amide bonds. The Bertz CT molecular complexity index is 1710. The van der Waals surface area contributed by atoms with E-state index >= 15 is 0 Å². The van der Waals surface area contributed by atoms with Crippen LogP contribution in [0.5, 0.6) is 11.5 Å². The van der Waals surface area contributed by atoms with E-state index < -0.39 is 11.7 Å². The number of aryl methyl sites for hydroxylation is 2. The summed E-state index contributed by atoms with van der Waals surface area (Å²) in [5, 5.41) is 1.54. The van der Waals surface area contributed by atoms with Crippen LogP contribution in [0.4, 0.5) is 4.79 Å². The second-order valence-corrected chi connectivity index (χ2v) is 15.3. The second-order valence-electron chi connectivity index (χ2n) is 14.1. The van der Waals surface area contributed by atoms with Crippen LogP contribution in [-0.4, -0.2) is 73.5 Å². The van der Waals surface area contributed by atoms with Gasteiger partial charge in [0.1, 0.15) is 24.6 Å². The number of carbonyl (C=O) groups excluding carboxylic acids is 2. The van der Waals surface area contributed by atoms with Gasteiger partial charge in [-0.05, 0) is 118 Å². The highest BCUT2D eigenvalue weighted by atomic mass is 35.5. The lowest BCUT2D eigenvalue weighted by Gasteiger charge is -2.34. The van der Waals surface area contributed by atoms with Crippen molar-refractivity contribution in [1.29, 1.82) is 0 Å². The topological polar surface area (TPSA) is 77.5 Å². The standard InChI is InChI=1S/C40H47Cl3N2O6/c1-26-21-35(42)37(36(43)22-26)50-20-19-49-31-13-9-28(10-14-31)32-16-17-44(39(47)51-40(2,3)4)25-33(32)38(46)45(30-11-12-30)24-29-23-27(7-6-18-48-5)8-15-34(29)41/h8-10,13-15,21-23,30H,6-7,11-12,16-20,24-25H2,1-5H3. The minimum absolute atomic E-state index is 0.0903. The molecule has 1 fully saturated rings. The summed E-state index contributed by atoms with van der Waals surface area (Å²) < 4.78 is 22.7. The molecule has 274 valence electrons. The van der Waals surface area contributed by atoms with Crippen LogP contribution < -0.4 is 9.47 Å². The molecule has 0 radical (unpaired) electrons. The molecule has 3 aromatic rings. The van der Waals surface area contributed by atoms with Gasteiger partial charge in [-0.3, -0.25) is 4.79 Å². The third-order valence-electron chi connectivity index (χ3n) is 8.71. The first-order chi connectivity index (χ1) is 24.3. The number of carbonyl (C=O) groups is 2. The first kappa shape index (κ1) is 38.8. The van der Waals surface area contributed by atoms with E-state index in [9.17, 15) is 9.59 Å². The van der Waals surface area contributed by atoms with E-state index in [1.54, 1.807) is 24.1 Å². The van der Waals surface area contributed by atoms with Crippen molar-refractivity contribution in [3.05, 3.63) is 97.5 Å². The molecule has 0 bridgehead atoms. The molecule has 3 aromatic carbocycles. The normalized spacial score (nSPS) is 14.8. The Morgan fingerprint density at radius 3 is 2.24 bits per heavy atom. The number of rotatable bonds is 14. The zero-order chi connectivity index (χ0) is 36.7. The van der Waals surface area contributed by atoms with Crippen LogP contribution >= 0.6 is 34.8 Å². The Kier molecular flexibility index (Phi) is 13.2. The number of halogens is 3. The highest BCUT2D eigenvalue weighted by Gasteiger charge is 2.38. The second kappa shape index (κ2) is 17.4. The van der Waals surface area contributed by atoms with Gasteiger partial charge in [0.05, 0.1) is 16.6 Å². The monoisotopic (exact) mass is 756 g/mol. The summed E-state index contributed by atoms with van der Waals surface area (Å²) in [6, 6.07) is 17.4. The maximum atomic E-state index is 14.6. The van der Waals surface area contributed by atoms with Crippen LogP contribution in [0.1, 0.15) is 68.7 Å². The predicted octanol–water partition coefficient (Wildman–Crippen LogP) is 9.58. The summed E-state index contributed by atoms with van der Waals surface area (Å²) in [5.41, 5.74) is 4.75. The Hall–Kier alpha value is -3.43. The lowest BCUT2D eigenvalue weighted by molar-refractivity contribution is -0.128. The lowest BCUT2D eigenvalue weighted by atomic mass is 9.92. The summed E-state index contributed by atoms with van der Waals surface area (Å²) in [4.78, 5) is 31.4. The van der Waals surface area contributed by atoms with Crippen LogP contribution in [0, 0.1) is 6.92 Å². The molecule has 1 heterocycles. The average Bonchev–Trinajstić information content (AvgIpc) is 3.92. The first-order valence-electron chi connectivity index (χ1n) is 17.4. The number of benzene rings is 3. The fourth-order valence-electron chi connectivity index (χ4n) is 6.08. The zero-order valence-corrected chi connectivity index (χ0v) is 32.3. The SMILES string of the molecule is COCCCc1ccc(Cl)c(CN(C(=O)C2=C(c3ccc(OCCOc4c(Cl)cc(C)cc4Cl)cc3)CCN(C(=O)OC(C)(C)C)C2)C2CC2)c1. The van der Waals surface area contributed by atoms with Gasteiger partial charge in [0.25, 0.3) is 5.91 Å². The summed E-state index contributed by atoms with van der Waals surface area (Å²) in [7, 11) is 1.70. The molecule has 0 aromatic heterocycles. The lowest BCUT2D eigenvalue weighted by Crippen LogP contribution is -2.44. The minimum Gasteiger partial charge on any atom is -0.490 e. The smallest absolute Gasteiger partial charge is 0.410 e. The Morgan fingerprint density at radius 2 is 1.59 bits per heavy atom. The number of hydrogen-bond acceptors (Lipinski definition) is 6. The molecule has 51 heavy (non-hydrogen) atoms. The van der Waals surface area contributed by atoms with Crippen LogP contribution in [0.3, 0.4) is 0 Å². The first-order valence-corrected chi connectivity index (χ1v) is 18.5. The summed E-state index contributed by atoms with van der Waals surface area (Å²) in [6.45, 7) is 9.61. The Morgan fingerprint density at radius 1 is 0.902 bits per heavy atom. The quantitative estimate of drug-likeness (QED) is 0.153. The molecule has 0 saturated heterocycles. The summed E-state index contributed by atoms with van der Waals surface area (Å²) >= 11 is 19.3. The number of amides is 2. The van der Waals surface area contributed by atoms with Crippen molar-refractivity contribution in [2.45, 2.75) is 78.0 Å². The van der Waals surface area contributed by atoms with E-state index in [0.29, 0.717) is 58.3 Å². The molecule has 0 N–H and O–H groups in total. The van der Waals surface area contributed by atoms with Gasteiger partial charge in [-0.15, -0.1) is 0 Å². The molecule has 1 aliphatic heterocycles. The molecular weight excluding hydrogens is 711 g/mol. The van der Waals surface area contributed by atoms with E-state index in [1.165, 1.54) is 0 Å². The van der Waals surface area contributed by atoms with Crippen LogP contribution in [0.15, 0.2) is 60.2 Å². The van der Waals surface area contributed by atoms with Gasteiger partial charge in [-0.25, -0.2) is 4.79 Å². The van der Waals surface area contributed by atoms with Crippen molar-refractivity contribution in [3.8, 4) is 11.5 Å². The fraction of sp³-hybridized carbons (Fsp3) is 0.450. The third kappa shape index (κ3) is 10.8. The molecule has 1 aliphatic carbocycles. The van der Waals surface area contributed by atoms with Gasteiger partial charge in [0.2, 0.25) is 0 Å². The van der Waals surface area contributed by atoms with Crippen molar-refractivity contribution in [2.24, 2.45) is 0 Å².